The van der Waals surface area contributed by atoms with Crippen molar-refractivity contribution in [2.24, 2.45) is 0 Å². The maximum atomic E-state index is 12.4. The predicted molar refractivity (Wildman–Crippen MR) is 89.3 cm³/mol. The SMILES string of the molecule is Cc1ccc(C(C)CC(=O)C(=[N+]=[N-])S(=O)(=O)c2ccccc2)s1. The Balaban J connectivity index is 2.25. The second-order valence-corrected chi connectivity index (χ2v) is 8.38. The van der Waals surface area contributed by atoms with E-state index < -0.39 is 20.7 Å². The van der Waals surface area contributed by atoms with Crippen LogP contribution in [0, 0.1) is 6.92 Å². The summed E-state index contributed by atoms with van der Waals surface area (Å²) < 4.78 is 24.8. The second kappa shape index (κ2) is 7.00. The lowest BCUT2D eigenvalue weighted by Crippen LogP contribution is -2.26. The van der Waals surface area contributed by atoms with E-state index in [0.717, 1.165) is 9.75 Å². The zero-order valence-corrected chi connectivity index (χ0v) is 14.4. The molecule has 0 aliphatic heterocycles. The quantitative estimate of drug-likeness (QED) is 0.360. The minimum absolute atomic E-state index is 0.0363. The number of rotatable bonds is 5. The molecule has 7 heteroatoms. The molecule has 0 saturated carbocycles. The molecule has 120 valence electrons. The molecular formula is C16H16N2O3S2. The standard InChI is InChI=1S/C16H16N2O3S2/c1-11(15-9-8-12(2)22-15)10-14(19)16(18-17)23(20,21)13-6-4-3-5-7-13/h3-9,11H,10H2,1-2H3. The molecule has 0 spiro atoms. The highest BCUT2D eigenvalue weighted by atomic mass is 32.2. The Morgan fingerprint density at radius 3 is 2.39 bits per heavy atom. The van der Waals surface area contributed by atoms with Gasteiger partial charge in [-0.2, -0.15) is 0 Å². The molecular weight excluding hydrogens is 332 g/mol. The summed E-state index contributed by atoms with van der Waals surface area (Å²) in [5.74, 6) is -0.848. The monoisotopic (exact) mass is 348 g/mol. The van der Waals surface area contributed by atoms with Gasteiger partial charge in [0.2, 0.25) is 0 Å². The third-order valence-corrected chi connectivity index (χ3v) is 6.32. The number of nitrogens with zero attached hydrogens (tertiary/aromatic N) is 2. The number of thiophene rings is 1. The fourth-order valence-corrected chi connectivity index (χ4v) is 4.31. The molecule has 2 rings (SSSR count). The highest BCUT2D eigenvalue weighted by Crippen LogP contribution is 2.27. The summed E-state index contributed by atoms with van der Waals surface area (Å²) in [4.78, 5) is 17.1. The van der Waals surface area contributed by atoms with Crippen LogP contribution in [0.2, 0.25) is 0 Å². The molecule has 1 atom stereocenters. The average Bonchev–Trinajstić information content (AvgIpc) is 2.95. The minimum Gasteiger partial charge on any atom is -0.360 e. The molecule has 0 saturated heterocycles. The Morgan fingerprint density at radius 2 is 1.87 bits per heavy atom. The van der Waals surface area contributed by atoms with Crippen molar-refractivity contribution in [1.82, 2.24) is 0 Å². The summed E-state index contributed by atoms with van der Waals surface area (Å²) >= 11 is 1.56. The average molecular weight is 348 g/mol. The van der Waals surface area contributed by atoms with Gasteiger partial charge in [-0.25, -0.2) is 8.42 Å². The van der Waals surface area contributed by atoms with Crippen molar-refractivity contribution in [1.29, 1.82) is 0 Å². The van der Waals surface area contributed by atoms with E-state index >= 15 is 0 Å². The van der Waals surface area contributed by atoms with Gasteiger partial charge in [0.1, 0.15) is 0 Å². The molecule has 0 bridgehead atoms. The normalized spacial score (nSPS) is 12.4. The number of sulfone groups is 1. The lowest BCUT2D eigenvalue weighted by molar-refractivity contribution is -0.116. The Kier molecular flexibility index (Phi) is 5.26. The number of Topliss-reactive ketones (excluding diaryl/α,β-unsaturated/α-hetero) is 1. The fourth-order valence-electron chi connectivity index (χ4n) is 2.15. The van der Waals surface area contributed by atoms with Gasteiger partial charge in [-0.05, 0) is 37.1 Å². The Hall–Kier alpha value is -2.08. The van der Waals surface area contributed by atoms with Gasteiger partial charge < -0.3 is 5.53 Å². The van der Waals surface area contributed by atoms with Crippen LogP contribution in [0.4, 0.5) is 0 Å². The van der Waals surface area contributed by atoms with Gasteiger partial charge in [-0.3, -0.25) is 4.79 Å². The summed E-state index contributed by atoms with van der Waals surface area (Å²) in [5, 5.41) is -0.816. The first-order valence-electron chi connectivity index (χ1n) is 6.98. The van der Waals surface area contributed by atoms with Gasteiger partial charge in [0.15, 0.2) is 0 Å². The van der Waals surface area contributed by atoms with Gasteiger partial charge in [0, 0.05) is 16.2 Å². The molecule has 0 radical (unpaired) electrons. The van der Waals surface area contributed by atoms with Crippen molar-refractivity contribution >= 4 is 32.0 Å². The molecule has 0 fully saturated rings. The first-order valence-corrected chi connectivity index (χ1v) is 9.28. The van der Waals surface area contributed by atoms with Crippen LogP contribution < -0.4 is 0 Å². The molecule has 0 amide bonds. The van der Waals surface area contributed by atoms with Crippen LogP contribution >= 0.6 is 11.3 Å². The van der Waals surface area contributed by atoms with E-state index in [1.165, 1.54) is 12.1 Å². The van der Waals surface area contributed by atoms with Crippen LogP contribution in [0.1, 0.15) is 29.0 Å². The summed E-state index contributed by atoms with van der Waals surface area (Å²) in [6, 6.07) is 11.3. The maximum Gasteiger partial charge on any atom is 0.451 e. The number of ketones is 1. The highest BCUT2D eigenvalue weighted by Gasteiger charge is 2.37. The molecule has 1 aromatic carbocycles. The van der Waals surface area contributed by atoms with Crippen molar-refractivity contribution in [3.63, 3.8) is 0 Å². The lowest BCUT2D eigenvalue weighted by Gasteiger charge is -2.06. The number of aryl methyl sites for hydroxylation is 1. The number of carbonyl (C=O) groups is 1. The molecule has 2 aromatic rings. The van der Waals surface area contributed by atoms with E-state index in [1.54, 1.807) is 29.5 Å². The molecule has 23 heavy (non-hydrogen) atoms. The van der Waals surface area contributed by atoms with Gasteiger partial charge in [-0.15, -0.1) is 16.1 Å². The first-order chi connectivity index (χ1) is 10.9. The Labute approximate surface area is 139 Å². The van der Waals surface area contributed by atoms with Crippen LogP contribution in [0.25, 0.3) is 5.53 Å². The number of carbonyl (C=O) groups excluding carboxylic acids is 1. The highest BCUT2D eigenvalue weighted by molar-refractivity contribution is 8.08. The first kappa shape index (κ1) is 17.3. The van der Waals surface area contributed by atoms with Crippen LogP contribution in [0.3, 0.4) is 0 Å². The van der Waals surface area contributed by atoms with Crippen LogP contribution in [0.15, 0.2) is 47.4 Å². The van der Waals surface area contributed by atoms with Crippen molar-refractivity contribution in [3.8, 4) is 0 Å². The molecule has 5 nitrogen and oxygen atoms in total. The van der Waals surface area contributed by atoms with Crippen molar-refractivity contribution in [2.45, 2.75) is 31.1 Å². The summed E-state index contributed by atoms with van der Waals surface area (Å²) in [6.07, 6.45) is -0.0363. The second-order valence-electron chi connectivity index (χ2n) is 5.20. The van der Waals surface area contributed by atoms with E-state index in [2.05, 4.69) is 4.79 Å². The van der Waals surface area contributed by atoms with E-state index in [-0.39, 0.29) is 17.2 Å². The third kappa shape index (κ3) is 3.82. The fraction of sp³-hybridized carbons (Fsp3) is 0.250. The van der Waals surface area contributed by atoms with Crippen LogP contribution in [-0.2, 0) is 14.6 Å². The number of benzene rings is 1. The molecule has 1 heterocycles. The van der Waals surface area contributed by atoms with E-state index in [0.29, 0.717) is 0 Å². The van der Waals surface area contributed by atoms with Gasteiger partial charge >= 0.3 is 5.04 Å². The lowest BCUT2D eigenvalue weighted by atomic mass is 10.0. The van der Waals surface area contributed by atoms with E-state index in [1.807, 2.05) is 26.0 Å². The van der Waals surface area contributed by atoms with Crippen molar-refractivity contribution in [2.75, 3.05) is 0 Å². The zero-order valence-electron chi connectivity index (χ0n) is 12.8. The minimum atomic E-state index is -4.12. The molecule has 1 unspecified atom stereocenters. The number of hydrogen-bond acceptors (Lipinski definition) is 4. The van der Waals surface area contributed by atoms with E-state index in [9.17, 15) is 13.2 Å². The summed E-state index contributed by atoms with van der Waals surface area (Å²) in [7, 11) is -4.12. The van der Waals surface area contributed by atoms with Crippen molar-refractivity contribution < 1.29 is 18.0 Å². The topological polar surface area (TPSA) is 87.6 Å². The van der Waals surface area contributed by atoms with Gasteiger partial charge in [-0.1, -0.05) is 25.1 Å². The molecule has 0 N–H and O–H groups in total. The number of hydrogen-bond donors (Lipinski definition) is 0. The maximum absolute atomic E-state index is 12.4. The van der Waals surface area contributed by atoms with Gasteiger partial charge in [0.25, 0.3) is 15.6 Å². The van der Waals surface area contributed by atoms with Crippen LogP contribution in [0.5, 0.6) is 0 Å². The molecule has 0 aliphatic rings. The predicted octanol–water partition coefficient (Wildman–Crippen LogP) is 3.22. The van der Waals surface area contributed by atoms with E-state index in [4.69, 9.17) is 5.53 Å². The Bertz CT molecular complexity index is 864. The van der Waals surface area contributed by atoms with Crippen LogP contribution in [-0.4, -0.2) is 24.0 Å². The molecule has 1 aromatic heterocycles. The summed E-state index contributed by atoms with van der Waals surface area (Å²) in [5.41, 5.74) is 9.07. The zero-order chi connectivity index (χ0) is 17.0. The largest absolute Gasteiger partial charge is 0.451 e. The summed E-state index contributed by atoms with van der Waals surface area (Å²) in [6.45, 7) is 3.80. The van der Waals surface area contributed by atoms with Crippen molar-refractivity contribution in [3.05, 3.63) is 57.7 Å². The Morgan fingerprint density at radius 1 is 1.22 bits per heavy atom. The third-order valence-electron chi connectivity index (χ3n) is 3.38. The van der Waals surface area contributed by atoms with Gasteiger partial charge in [0.05, 0.1) is 4.90 Å². The smallest absolute Gasteiger partial charge is 0.360 e. The molecule has 0 aliphatic carbocycles.